The van der Waals surface area contributed by atoms with E-state index in [0.717, 1.165) is 6.42 Å². The lowest BCUT2D eigenvalue weighted by atomic mass is 9.84. The summed E-state index contributed by atoms with van der Waals surface area (Å²) in [6.45, 7) is 2.29. The van der Waals surface area contributed by atoms with Crippen LogP contribution in [0.1, 0.15) is 30.2 Å². The summed E-state index contributed by atoms with van der Waals surface area (Å²) in [6.07, 6.45) is 4.01. The molecule has 172 valence electrons. The Kier molecular flexibility index (Phi) is 5.24. The summed E-state index contributed by atoms with van der Waals surface area (Å²) in [5.74, 6) is -1.27. The molecule has 0 unspecified atom stereocenters. The summed E-state index contributed by atoms with van der Waals surface area (Å²) < 4.78 is 40.3. The normalized spacial score (nSPS) is 26.1. The van der Waals surface area contributed by atoms with Gasteiger partial charge in [0.2, 0.25) is 0 Å². The van der Waals surface area contributed by atoms with Crippen molar-refractivity contribution in [3.63, 3.8) is 0 Å². The van der Waals surface area contributed by atoms with Crippen LogP contribution in [0.2, 0.25) is 0 Å². The minimum atomic E-state index is -0.992. The van der Waals surface area contributed by atoms with Gasteiger partial charge in [-0.1, -0.05) is 11.8 Å². The number of nitrogens with two attached hydrogens (primary N) is 1. The van der Waals surface area contributed by atoms with Gasteiger partial charge in [-0.15, -0.1) is 0 Å². The third-order valence-corrected chi connectivity index (χ3v) is 7.78. The summed E-state index contributed by atoms with van der Waals surface area (Å²) in [5.41, 5.74) is 7.67. The van der Waals surface area contributed by atoms with E-state index < -0.39 is 17.2 Å². The van der Waals surface area contributed by atoms with Crippen LogP contribution in [0.5, 0.6) is 5.75 Å². The monoisotopic (exact) mass is 471 g/mol. The molecule has 3 atom stereocenters. The summed E-state index contributed by atoms with van der Waals surface area (Å²) in [7, 11) is 3.18. The third kappa shape index (κ3) is 3.61. The minimum Gasteiger partial charge on any atom is -0.495 e. The first-order valence-corrected chi connectivity index (χ1v) is 11.3. The lowest BCUT2D eigenvalue weighted by molar-refractivity contribution is 0.184. The van der Waals surface area contributed by atoms with E-state index in [1.54, 1.807) is 32.5 Å². The van der Waals surface area contributed by atoms with Crippen LogP contribution in [0.4, 0.5) is 8.78 Å². The smallest absolute Gasteiger partial charge is 0.164 e. The second kappa shape index (κ2) is 7.88. The number of amidine groups is 1. The van der Waals surface area contributed by atoms with Gasteiger partial charge in [0.1, 0.15) is 17.6 Å². The van der Waals surface area contributed by atoms with Gasteiger partial charge < -0.3 is 15.2 Å². The Bertz CT molecular complexity index is 1290. The van der Waals surface area contributed by atoms with Crippen LogP contribution in [0.15, 0.2) is 35.7 Å². The van der Waals surface area contributed by atoms with Gasteiger partial charge in [0.05, 0.1) is 41.4 Å². The summed E-state index contributed by atoms with van der Waals surface area (Å²) in [6, 6.07) is 4.61. The van der Waals surface area contributed by atoms with Gasteiger partial charge >= 0.3 is 0 Å². The average molecular weight is 472 g/mol. The highest BCUT2D eigenvalue weighted by Crippen LogP contribution is 2.66. The molecule has 0 amide bonds. The number of hydrogen-bond acceptors (Lipinski definition) is 8. The molecule has 2 aromatic heterocycles. The van der Waals surface area contributed by atoms with Gasteiger partial charge in [0.15, 0.2) is 16.8 Å². The Morgan fingerprint density at radius 2 is 2.00 bits per heavy atom. The second-order valence-corrected chi connectivity index (χ2v) is 10.1. The molecule has 2 N–H and O–H groups in total. The van der Waals surface area contributed by atoms with Crippen molar-refractivity contribution in [2.75, 3.05) is 20.8 Å². The number of hydrogen-bond donors (Lipinski definition) is 1. The number of thioether (sulfide) groups is 1. The predicted octanol–water partition coefficient (Wildman–Crippen LogP) is 3.58. The maximum absolute atomic E-state index is 15.1. The maximum atomic E-state index is 15.1. The fourth-order valence-corrected chi connectivity index (χ4v) is 6.31. The largest absolute Gasteiger partial charge is 0.495 e. The number of ether oxygens (including phenoxy) is 2. The molecule has 0 bridgehead atoms. The average Bonchev–Trinajstić information content (AvgIpc) is 3.50. The zero-order valence-electron chi connectivity index (χ0n) is 18.4. The fraction of sp³-hybridized carbons (Fsp3) is 0.391. The zero-order chi connectivity index (χ0) is 23.4. The molecule has 0 saturated heterocycles. The first-order valence-electron chi connectivity index (χ1n) is 10.4. The molecule has 0 radical (unpaired) electrons. The fourth-order valence-electron chi connectivity index (χ4n) is 4.86. The van der Waals surface area contributed by atoms with E-state index in [4.69, 9.17) is 15.2 Å². The molecule has 1 aromatic carbocycles. The van der Waals surface area contributed by atoms with Gasteiger partial charge in [0, 0.05) is 31.1 Å². The molecule has 1 saturated carbocycles. The third-order valence-electron chi connectivity index (χ3n) is 6.51. The first kappa shape index (κ1) is 22.0. The molecular weight excluding hydrogens is 448 g/mol. The molecule has 33 heavy (non-hydrogen) atoms. The van der Waals surface area contributed by atoms with E-state index in [1.807, 2.05) is 6.92 Å². The Morgan fingerprint density at radius 3 is 2.76 bits per heavy atom. The van der Waals surface area contributed by atoms with Crippen LogP contribution in [0.25, 0.3) is 11.0 Å². The topological polar surface area (TPSA) is 95.5 Å². The van der Waals surface area contributed by atoms with E-state index >= 15 is 4.39 Å². The van der Waals surface area contributed by atoms with E-state index in [0.29, 0.717) is 39.8 Å². The highest BCUT2D eigenvalue weighted by molar-refractivity contribution is 8.15. The van der Waals surface area contributed by atoms with Crippen molar-refractivity contribution in [2.24, 2.45) is 16.6 Å². The zero-order valence-corrected chi connectivity index (χ0v) is 19.2. The van der Waals surface area contributed by atoms with Crippen molar-refractivity contribution >= 4 is 28.0 Å². The van der Waals surface area contributed by atoms with Crippen LogP contribution in [0.3, 0.4) is 0 Å². The highest BCUT2D eigenvalue weighted by Gasteiger charge is 2.66. The quantitative estimate of drug-likeness (QED) is 0.587. The van der Waals surface area contributed by atoms with Crippen molar-refractivity contribution in [1.29, 1.82) is 0 Å². The van der Waals surface area contributed by atoms with Gasteiger partial charge in [-0.25, -0.2) is 23.7 Å². The van der Waals surface area contributed by atoms with Gasteiger partial charge in [-0.2, -0.15) is 0 Å². The molecule has 1 aliphatic carbocycles. The Hall–Kier alpha value is -2.85. The SMILES string of the molecule is COC[C@]12C[C@H]1[C@@](C)(c1cc(Cc3ncnc4cc(OC)cnc34)cc(F)c1F)N=C(N)S2. The number of nitrogens with zero attached hydrogens (tertiary/aromatic N) is 4. The number of fused-ring (bicyclic) bond motifs is 2. The van der Waals surface area contributed by atoms with Crippen molar-refractivity contribution < 1.29 is 18.3 Å². The number of methoxy groups -OCH3 is 2. The predicted molar refractivity (Wildman–Crippen MR) is 122 cm³/mol. The number of aromatic nitrogens is 3. The minimum absolute atomic E-state index is 0.0135. The van der Waals surface area contributed by atoms with Crippen LogP contribution < -0.4 is 10.5 Å². The van der Waals surface area contributed by atoms with Gasteiger partial charge in [0.25, 0.3) is 0 Å². The summed E-state index contributed by atoms with van der Waals surface area (Å²) in [4.78, 5) is 17.6. The van der Waals surface area contributed by atoms with Crippen molar-refractivity contribution in [3.05, 3.63) is 59.2 Å². The number of pyridine rings is 1. The second-order valence-electron chi connectivity index (χ2n) is 8.63. The molecular formula is C23H23F2N5O2S. The van der Waals surface area contributed by atoms with Crippen molar-refractivity contribution in [1.82, 2.24) is 15.0 Å². The molecule has 1 aliphatic heterocycles. The van der Waals surface area contributed by atoms with Crippen LogP contribution >= 0.6 is 11.8 Å². The first-order chi connectivity index (χ1) is 15.8. The standard InChI is InChI=1S/C23H23F2N5O2S/c1-22(18-8-23(18,10-31-2)33-21(26)30-22)14-4-12(5-15(24)19(14)25)6-16-20-17(29-11-28-16)7-13(32-3)9-27-20/h4-5,7,9,11,18H,6,8,10H2,1-3H3,(H2,26,30)/t18-,22+,23+/m0/s1. The molecule has 3 heterocycles. The van der Waals surface area contributed by atoms with E-state index in [1.165, 1.54) is 24.2 Å². The molecule has 0 spiro atoms. The summed E-state index contributed by atoms with van der Waals surface area (Å²) >= 11 is 1.46. The van der Waals surface area contributed by atoms with Crippen molar-refractivity contribution in [2.45, 2.75) is 30.1 Å². The molecule has 3 aromatic rings. The lowest BCUT2D eigenvalue weighted by Gasteiger charge is -2.34. The number of rotatable bonds is 6. The number of aliphatic imine (C=N–C) groups is 1. The van der Waals surface area contributed by atoms with Crippen molar-refractivity contribution in [3.8, 4) is 5.75 Å². The summed E-state index contributed by atoms with van der Waals surface area (Å²) in [5, 5.41) is 0.355. The Balaban J connectivity index is 1.56. The molecule has 7 nitrogen and oxygen atoms in total. The molecule has 2 aliphatic rings. The van der Waals surface area contributed by atoms with Crippen LogP contribution in [-0.2, 0) is 16.7 Å². The van der Waals surface area contributed by atoms with E-state index in [2.05, 4.69) is 19.9 Å². The Morgan fingerprint density at radius 1 is 1.18 bits per heavy atom. The molecule has 5 rings (SSSR count). The molecule has 10 heteroatoms. The number of halogens is 2. The Labute approximate surface area is 193 Å². The maximum Gasteiger partial charge on any atom is 0.164 e. The van der Waals surface area contributed by atoms with Crippen LogP contribution in [-0.4, -0.2) is 45.7 Å². The molecule has 1 fully saturated rings. The number of benzene rings is 1. The van der Waals surface area contributed by atoms with E-state index in [9.17, 15) is 4.39 Å². The lowest BCUT2D eigenvalue weighted by Crippen LogP contribution is -2.38. The van der Waals surface area contributed by atoms with E-state index in [-0.39, 0.29) is 22.6 Å². The van der Waals surface area contributed by atoms with Gasteiger partial charge in [-0.3, -0.25) is 4.99 Å². The highest BCUT2D eigenvalue weighted by atomic mass is 32.2. The van der Waals surface area contributed by atoms with Crippen LogP contribution in [0, 0.1) is 17.6 Å². The van der Waals surface area contributed by atoms with Gasteiger partial charge in [-0.05, 0) is 31.0 Å².